The Balaban J connectivity index is 1.28. The number of aromatic nitrogens is 1. The second-order valence-electron chi connectivity index (χ2n) is 7.70. The highest BCUT2D eigenvalue weighted by atomic mass is 32.1. The number of nitrogens with one attached hydrogen (secondary N) is 2. The molecule has 0 spiro atoms. The predicted molar refractivity (Wildman–Crippen MR) is 122 cm³/mol. The van der Waals surface area contributed by atoms with E-state index >= 15 is 0 Å². The second-order valence-corrected chi connectivity index (χ2v) is 8.60. The van der Waals surface area contributed by atoms with E-state index in [-0.39, 0.29) is 18.4 Å². The van der Waals surface area contributed by atoms with Crippen molar-refractivity contribution < 1.29 is 9.59 Å². The monoisotopic (exact) mass is 433 g/mol. The van der Waals surface area contributed by atoms with Crippen molar-refractivity contribution in [3.63, 3.8) is 0 Å². The van der Waals surface area contributed by atoms with E-state index < -0.39 is 0 Å². The van der Waals surface area contributed by atoms with Gasteiger partial charge < -0.3 is 20.4 Å². The normalized spacial score (nSPS) is 15.8. The van der Waals surface area contributed by atoms with Gasteiger partial charge in [-0.1, -0.05) is 24.3 Å². The van der Waals surface area contributed by atoms with E-state index in [1.165, 1.54) is 17.0 Å². The van der Waals surface area contributed by atoms with E-state index in [1.54, 1.807) is 16.5 Å². The van der Waals surface area contributed by atoms with Crippen molar-refractivity contribution in [2.45, 2.75) is 6.54 Å². The van der Waals surface area contributed by atoms with Gasteiger partial charge in [-0.25, -0.2) is 4.98 Å². The molecule has 0 radical (unpaired) electrons. The summed E-state index contributed by atoms with van der Waals surface area (Å²) in [5.74, 6) is -0.344. The van der Waals surface area contributed by atoms with E-state index in [0.717, 1.165) is 42.9 Å². The van der Waals surface area contributed by atoms with Crippen molar-refractivity contribution in [1.82, 2.24) is 15.2 Å². The number of rotatable bonds is 5. The van der Waals surface area contributed by atoms with Gasteiger partial charge in [0.25, 0.3) is 5.91 Å². The predicted octanol–water partition coefficient (Wildman–Crippen LogP) is 2.81. The maximum atomic E-state index is 12.9. The summed E-state index contributed by atoms with van der Waals surface area (Å²) in [5.41, 5.74) is 4.93. The lowest BCUT2D eigenvalue weighted by atomic mass is 10.00. The molecule has 31 heavy (non-hydrogen) atoms. The smallest absolute Gasteiger partial charge is 0.254 e. The third kappa shape index (κ3) is 4.17. The van der Waals surface area contributed by atoms with Crippen molar-refractivity contribution in [1.29, 1.82) is 0 Å². The Labute approximate surface area is 184 Å². The van der Waals surface area contributed by atoms with Crippen LogP contribution in [0, 0.1) is 0 Å². The molecule has 3 aromatic rings. The molecule has 2 N–H and O–H groups in total. The number of benzene rings is 2. The Hall–Kier alpha value is -3.23. The molecule has 0 unspecified atom stereocenters. The molecule has 8 heteroatoms. The van der Waals surface area contributed by atoms with Gasteiger partial charge in [0, 0.05) is 55.6 Å². The topological polar surface area (TPSA) is 77.6 Å². The van der Waals surface area contributed by atoms with Crippen molar-refractivity contribution >= 4 is 34.0 Å². The average Bonchev–Trinajstić information content (AvgIpc) is 3.42. The zero-order valence-electron chi connectivity index (χ0n) is 17.0. The highest BCUT2D eigenvalue weighted by molar-refractivity contribution is 7.13. The lowest BCUT2D eigenvalue weighted by molar-refractivity contribution is -0.116. The van der Waals surface area contributed by atoms with Gasteiger partial charge in [-0.05, 0) is 34.9 Å². The maximum Gasteiger partial charge on any atom is 0.254 e. The molecule has 1 aromatic heterocycles. The van der Waals surface area contributed by atoms with Crippen LogP contribution in [-0.4, -0.2) is 54.4 Å². The Morgan fingerprint density at radius 3 is 2.61 bits per heavy atom. The minimum atomic E-state index is -0.236. The molecule has 2 amide bonds. The molecule has 3 heterocycles. The van der Waals surface area contributed by atoms with E-state index in [1.807, 2.05) is 18.2 Å². The lowest BCUT2D eigenvalue weighted by Gasteiger charge is -2.29. The zero-order valence-corrected chi connectivity index (χ0v) is 17.8. The highest BCUT2D eigenvalue weighted by Gasteiger charge is 2.29. The first kappa shape index (κ1) is 19.7. The fourth-order valence-electron chi connectivity index (χ4n) is 4.07. The number of carbonyl (C=O) groups is 2. The third-order valence-electron chi connectivity index (χ3n) is 5.68. The molecule has 2 aliphatic heterocycles. The Morgan fingerprint density at radius 2 is 1.87 bits per heavy atom. The number of amides is 2. The van der Waals surface area contributed by atoms with Crippen LogP contribution in [-0.2, 0) is 11.3 Å². The van der Waals surface area contributed by atoms with E-state index in [9.17, 15) is 9.59 Å². The van der Waals surface area contributed by atoms with Crippen molar-refractivity contribution in [2.75, 3.05) is 42.9 Å². The van der Waals surface area contributed by atoms with Gasteiger partial charge in [-0.3, -0.25) is 9.59 Å². The molecule has 0 bridgehead atoms. The summed E-state index contributed by atoms with van der Waals surface area (Å²) >= 11 is 1.35. The fraction of sp³-hybridized carbons (Fsp3) is 0.261. The van der Waals surface area contributed by atoms with Crippen LogP contribution in [0.2, 0.25) is 0 Å². The fourth-order valence-corrected chi connectivity index (χ4v) is 4.62. The van der Waals surface area contributed by atoms with Crippen LogP contribution in [0.3, 0.4) is 0 Å². The molecule has 158 valence electrons. The first-order valence-electron chi connectivity index (χ1n) is 10.3. The van der Waals surface area contributed by atoms with Crippen LogP contribution in [0.15, 0.2) is 54.0 Å². The zero-order chi connectivity index (χ0) is 21.2. The van der Waals surface area contributed by atoms with Gasteiger partial charge >= 0.3 is 0 Å². The summed E-state index contributed by atoms with van der Waals surface area (Å²) < 4.78 is 0. The number of piperazine rings is 1. The van der Waals surface area contributed by atoms with Crippen molar-refractivity contribution in [2.24, 2.45) is 0 Å². The minimum Gasteiger partial charge on any atom is -0.369 e. The number of hydrogen-bond acceptors (Lipinski definition) is 6. The quantitative estimate of drug-likeness (QED) is 0.647. The molecule has 2 aliphatic rings. The third-order valence-corrected chi connectivity index (χ3v) is 6.37. The number of fused-ring (bicyclic) bond motifs is 1. The summed E-state index contributed by atoms with van der Waals surface area (Å²) in [6.07, 6.45) is 1.63. The highest BCUT2D eigenvalue weighted by Crippen LogP contribution is 2.30. The number of carbonyl (C=O) groups excluding carboxylic acids is 2. The molecule has 0 saturated carbocycles. The summed E-state index contributed by atoms with van der Waals surface area (Å²) in [6.45, 7) is 4.50. The van der Waals surface area contributed by atoms with E-state index in [2.05, 4.69) is 44.8 Å². The molecular weight excluding hydrogens is 410 g/mol. The van der Waals surface area contributed by atoms with Crippen molar-refractivity contribution in [3.8, 4) is 11.1 Å². The number of nitrogens with zero attached hydrogens (tertiary/aromatic N) is 3. The summed E-state index contributed by atoms with van der Waals surface area (Å²) in [6, 6.07) is 14.5. The molecule has 0 atom stereocenters. The Kier molecular flexibility index (Phi) is 5.40. The van der Waals surface area contributed by atoms with Gasteiger partial charge in [0.2, 0.25) is 5.91 Å². The van der Waals surface area contributed by atoms with Gasteiger partial charge in [0.15, 0.2) is 5.13 Å². The van der Waals surface area contributed by atoms with Crippen LogP contribution in [0.5, 0.6) is 0 Å². The van der Waals surface area contributed by atoms with E-state index in [0.29, 0.717) is 17.2 Å². The first-order valence-corrected chi connectivity index (χ1v) is 11.2. The molecule has 1 fully saturated rings. The summed E-state index contributed by atoms with van der Waals surface area (Å²) in [4.78, 5) is 33.2. The van der Waals surface area contributed by atoms with Gasteiger partial charge in [-0.15, -0.1) is 11.3 Å². The SMILES string of the molecule is O=C(CN1Cc2ccc(-c3ccc(N4CCNCC4)cc3)cc2C1=O)Nc1nccs1. The minimum absolute atomic E-state index is 0.0157. The molecular formula is C23H23N5O2S. The van der Waals surface area contributed by atoms with Crippen LogP contribution < -0.4 is 15.5 Å². The van der Waals surface area contributed by atoms with Gasteiger partial charge in [0.1, 0.15) is 6.54 Å². The number of thiazole rings is 1. The first-order chi connectivity index (χ1) is 15.2. The Morgan fingerprint density at radius 1 is 1.10 bits per heavy atom. The van der Waals surface area contributed by atoms with Crippen LogP contribution in [0.25, 0.3) is 11.1 Å². The maximum absolute atomic E-state index is 12.9. The second kappa shape index (κ2) is 8.49. The standard InChI is InChI=1S/C23H23N5O2S/c29-21(26-23-25-9-12-31-23)15-28-14-18-2-1-17(13-20(18)22(28)30)16-3-5-19(6-4-16)27-10-7-24-8-11-27/h1-6,9,12-13,24H,7-8,10-11,14-15H2,(H,25,26,29). The number of anilines is 2. The lowest BCUT2D eigenvalue weighted by Crippen LogP contribution is -2.43. The summed E-state index contributed by atoms with van der Waals surface area (Å²) in [7, 11) is 0. The Bertz CT molecular complexity index is 1090. The molecule has 5 rings (SSSR count). The van der Waals surface area contributed by atoms with Gasteiger partial charge in [-0.2, -0.15) is 0 Å². The van der Waals surface area contributed by atoms with Gasteiger partial charge in [0.05, 0.1) is 0 Å². The summed E-state index contributed by atoms with van der Waals surface area (Å²) in [5, 5.41) is 8.44. The average molecular weight is 434 g/mol. The molecule has 2 aromatic carbocycles. The van der Waals surface area contributed by atoms with Crippen LogP contribution in [0.4, 0.5) is 10.8 Å². The molecule has 0 aliphatic carbocycles. The van der Waals surface area contributed by atoms with Crippen molar-refractivity contribution in [3.05, 3.63) is 65.2 Å². The number of hydrogen-bond donors (Lipinski definition) is 2. The van der Waals surface area contributed by atoms with Crippen LogP contribution in [0.1, 0.15) is 15.9 Å². The molecule has 1 saturated heterocycles. The van der Waals surface area contributed by atoms with E-state index in [4.69, 9.17) is 0 Å². The largest absolute Gasteiger partial charge is 0.369 e. The van der Waals surface area contributed by atoms with Crippen LogP contribution >= 0.6 is 11.3 Å². The molecule has 7 nitrogen and oxygen atoms in total.